The van der Waals surface area contributed by atoms with Crippen molar-refractivity contribution < 1.29 is 37.3 Å². The summed E-state index contributed by atoms with van der Waals surface area (Å²) in [5.41, 5.74) is 1.11. The molecule has 2 aliphatic heterocycles. The Balaban J connectivity index is 0.000000370. The third kappa shape index (κ3) is 7.02. The van der Waals surface area contributed by atoms with Gasteiger partial charge < -0.3 is 24.5 Å². The van der Waals surface area contributed by atoms with E-state index < -0.39 is 12.1 Å². The fraction of sp³-hybridized carbons (Fsp3) is 0.667. The minimum Gasteiger partial charge on any atom is -0.475 e. The van der Waals surface area contributed by atoms with Crippen molar-refractivity contribution in [3.8, 4) is 0 Å². The summed E-state index contributed by atoms with van der Waals surface area (Å²) in [5, 5.41) is 7.12. The second kappa shape index (κ2) is 10.6. The monoisotopic (exact) mass is 421 g/mol. The summed E-state index contributed by atoms with van der Waals surface area (Å²) in [4.78, 5) is 28.8. The highest BCUT2D eigenvalue weighted by molar-refractivity contribution is 5.77. The third-order valence-electron chi connectivity index (χ3n) is 4.86. The molecule has 29 heavy (non-hydrogen) atoms. The quantitative estimate of drug-likeness (QED) is 0.715. The van der Waals surface area contributed by atoms with Gasteiger partial charge in [0.25, 0.3) is 0 Å². The number of hydrogen-bond acceptors (Lipinski definition) is 5. The molecule has 164 valence electrons. The van der Waals surface area contributed by atoms with E-state index in [0.29, 0.717) is 12.5 Å². The van der Waals surface area contributed by atoms with Crippen LogP contribution in [0.2, 0.25) is 0 Å². The Labute approximate surface area is 166 Å². The number of aromatic nitrogens is 1. The molecule has 1 aromatic rings. The van der Waals surface area contributed by atoms with Crippen molar-refractivity contribution in [2.45, 2.75) is 31.2 Å². The van der Waals surface area contributed by atoms with Crippen LogP contribution in [0.25, 0.3) is 0 Å². The number of aryl methyl sites for hydroxylation is 1. The molecule has 2 N–H and O–H groups in total. The minimum atomic E-state index is -5.08. The van der Waals surface area contributed by atoms with E-state index in [-0.39, 0.29) is 12.0 Å². The predicted octanol–water partition coefficient (Wildman–Crippen LogP) is 1.14. The van der Waals surface area contributed by atoms with E-state index in [2.05, 4.69) is 9.88 Å². The van der Waals surface area contributed by atoms with Gasteiger partial charge in [0.2, 0.25) is 5.91 Å². The fourth-order valence-corrected chi connectivity index (χ4v) is 3.37. The first-order valence-electron chi connectivity index (χ1n) is 9.27. The van der Waals surface area contributed by atoms with Gasteiger partial charge >= 0.3 is 12.1 Å². The maximum atomic E-state index is 12.4. The molecule has 8 nitrogen and oxygen atoms in total. The number of carboxylic acids is 1. The summed E-state index contributed by atoms with van der Waals surface area (Å²) in [6, 6.07) is 4.30. The Kier molecular flexibility index (Phi) is 8.47. The SMILES string of the molecule is COCCN1CCO[C@H]2CN(C(=O)CCc3ccc[nH]3)C[C@H]21.O=C(O)C(F)(F)F. The maximum absolute atomic E-state index is 12.4. The number of methoxy groups -OCH3 is 1. The smallest absolute Gasteiger partial charge is 0.475 e. The van der Waals surface area contributed by atoms with Crippen LogP contribution < -0.4 is 0 Å². The van der Waals surface area contributed by atoms with E-state index in [4.69, 9.17) is 19.4 Å². The number of nitrogens with one attached hydrogen (secondary N) is 1. The van der Waals surface area contributed by atoms with Gasteiger partial charge in [-0.25, -0.2) is 4.79 Å². The second-order valence-corrected chi connectivity index (χ2v) is 6.80. The van der Waals surface area contributed by atoms with Crippen LogP contribution in [0.1, 0.15) is 12.1 Å². The van der Waals surface area contributed by atoms with Crippen LogP contribution in [-0.4, -0.2) is 96.6 Å². The van der Waals surface area contributed by atoms with Crippen LogP contribution in [0.3, 0.4) is 0 Å². The van der Waals surface area contributed by atoms with E-state index in [9.17, 15) is 18.0 Å². The number of aliphatic carboxylic acids is 1. The molecule has 3 heterocycles. The molecule has 0 saturated carbocycles. The number of carbonyl (C=O) groups excluding carboxylic acids is 1. The number of nitrogens with zero attached hydrogens (tertiary/aromatic N) is 2. The molecule has 1 aromatic heterocycles. The van der Waals surface area contributed by atoms with Gasteiger partial charge in [-0.3, -0.25) is 9.69 Å². The molecule has 2 aliphatic rings. The molecular weight excluding hydrogens is 395 g/mol. The van der Waals surface area contributed by atoms with E-state index in [1.54, 1.807) is 7.11 Å². The minimum absolute atomic E-state index is 0.153. The molecule has 0 unspecified atom stereocenters. The number of likely N-dealkylation sites (tertiary alicyclic amines) is 1. The number of carboxylic acid groups (broad SMARTS) is 1. The van der Waals surface area contributed by atoms with Crippen LogP contribution >= 0.6 is 0 Å². The van der Waals surface area contributed by atoms with Gasteiger partial charge in [0.15, 0.2) is 0 Å². The standard InChI is InChI=1S/C16H25N3O3.C2HF3O2/c1-21-9-7-18-8-10-22-15-12-19(11-14(15)18)16(20)5-4-13-3-2-6-17-13;3-2(4,5)1(6)7/h2-3,6,14-15,17H,4-5,7-12H2,1H3;(H,6,7)/t14-,15+;/m1./s1. The lowest BCUT2D eigenvalue weighted by Gasteiger charge is -2.36. The second-order valence-electron chi connectivity index (χ2n) is 6.80. The molecule has 0 bridgehead atoms. The van der Waals surface area contributed by atoms with Crippen molar-refractivity contribution in [3.63, 3.8) is 0 Å². The zero-order valence-corrected chi connectivity index (χ0v) is 16.2. The molecule has 2 fully saturated rings. The number of hydrogen-bond donors (Lipinski definition) is 2. The number of halogens is 3. The van der Waals surface area contributed by atoms with Gasteiger partial charge in [-0.1, -0.05) is 0 Å². The van der Waals surface area contributed by atoms with Gasteiger partial charge in [0.1, 0.15) is 0 Å². The number of carbonyl (C=O) groups is 2. The normalized spacial score (nSPS) is 22.0. The summed E-state index contributed by atoms with van der Waals surface area (Å²) in [5.74, 6) is -2.54. The topological polar surface area (TPSA) is 95.1 Å². The van der Waals surface area contributed by atoms with Crippen LogP contribution in [-0.2, 0) is 25.5 Å². The number of aromatic amines is 1. The Morgan fingerprint density at radius 3 is 2.69 bits per heavy atom. The van der Waals surface area contributed by atoms with Crippen LogP contribution in [0, 0.1) is 0 Å². The van der Waals surface area contributed by atoms with Crippen LogP contribution in [0.5, 0.6) is 0 Å². The molecule has 3 rings (SSSR count). The lowest BCUT2D eigenvalue weighted by atomic mass is 10.1. The molecule has 11 heteroatoms. The molecule has 0 radical (unpaired) electrons. The summed E-state index contributed by atoms with van der Waals surface area (Å²) in [7, 11) is 1.73. The van der Waals surface area contributed by atoms with E-state index >= 15 is 0 Å². The first-order valence-corrected chi connectivity index (χ1v) is 9.27. The number of ether oxygens (including phenoxy) is 2. The molecule has 0 aliphatic carbocycles. The van der Waals surface area contributed by atoms with Crippen molar-refractivity contribution >= 4 is 11.9 Å². The highest BCUT2D eigenvalue weighted by Gasteiger charge is 2.41. The van der Waals surface area contributed by atoms with Crippen molar-refractivity contribution in [1.82, 2.24) is 14.8 Å². The first-order chi connectivity index (χ1) is 13.7. The Bertz CT molecular complexity index is 654. The molecule has 0 spiro atoms. The van der Waals surface area contributed by atoms with Crippen LogP contribution in [0.4, 0.5) is 13.2 Å². The zero-order chi connectivity index (χ0) is 21.4. The number of amides is 1. The van der Waals surface area contributed by atoms with Gasteiger partial charge in [0, 0.05) is 51.6 Å². The highest BCUT2D eigenvalue weighted by Crippen LogP contribution is 2.23. The van der Waals surface area contributed by atoms with Crippen molar-refractivity contribution in [2.24, 2.45) is 0 Å². The third-order valence-corrected chi connectivity index (χ3v) is 4.86. The van der Waals surface area contributed by atoms with Crippen molar-refractivity contribution in [3.05, 3.63) is 24.0 Å². The Hall–Kier alpha value is -2.11. The largest absolute Gasteiger partial charge is 0.490 e. The predicted molar refractivity (Wildman–Crippen MR) is 96.4 cm³/mol. The van der Waals surface area contributed by atoms with Gasteiger partial charge in [-0.05, 0) is 18.6 Å². The lowest BCUT2D eigenvalue weighted by molar-refractivity contribution is -0.192. The molecule has 2 atom stereocenters. The molecular formula is C18H26F3N3O5. The van der Waals surface area contributed by atoms with Crippen molar-refractivity contribution in [1.29, 1.82) is 0 Å². The highest BCUT2D eigenvalue weighted by atomic mass is 19.4. The zero-order valence-electron chi connectivity index (χ0n) is 16.2. The van der Waals surface area contributed by atoms with E-state index in [1.807, 2.05) is 23.2 Å². The molecule has 1 amide bonds. The summed E-state index contributed by atoms with van der Waals surface area (Å²) in [6.45, 7) is 4.80. The summed E-state index contributed by atoms with van der Waals surface area (Å²) >= 11 is 0. The average Bonchev–Trinajstić information content (AvgIpc) is 3.33. The van der Waals surface area contributed by atoms with E-state index in [1.165, 1.54) is 0 Å². The van der Waals surface area contributed by atoms with Crippen molar-refractivity contribution in [2.75, 3.05) is 46.5 Å². The van der Waals surface area contributed by atoms with Crippen LogP contribution in [0.15, 0.2) is 18.3 Å². The fourth-order valence-electron chi connectivity index (χ4n) is 3.37. The van der Waals surface area contributed by atoms with Gasteiger partial charge in [0.05, 0.1) is 25.4 Å². The summed E-state index contributed by atoms with van der Waals surface area (Å²) < 4.78 is 42.8. The summed E-state index contributed by atoms with van der Waals surface area (Å²) in [6.07, 6.45) is -1.71. The van der Waals surface area contributed by atoms with Gasteiger partial charge in [-0.15, -0.1) is 0 Å². The number of alkyl halides is 3. The number of H-pyrrole nitrogens is 1. The average molecular weight is 421 g/mol. The maximum Gasteiger partial charge on any atom is 0.490 e. The first kappa shape index (κ1) is 23.2. The number of morpholine rings is 1. The lowest BCUT2D eigenvalue weighted by Crippen LogP contribution is -2.51. The van der Waals surface area contributed by atoms with E-state index in [0.717, 1.165) is 51.5 Å². The molecule has 0 aromatic carbocycles. The van der Waals surface area contributed by atoms with Gasteiger partial charge in [-0.2, -0.15) is 13.2 Å². The Morgan fingerprint density at radius 2 is 2.10 bits per heavy atom. The number of rotatable bonds is 6. The molecule has 2 saturated heterocycles. The Morgan fingerprint density at radius 1 is 1.38 bits per heavy atom. The number of fused-ring (bicyclic) bond motifs is 1.